The molecule has 3 heterocycles. The summed E-state index contributed by atoms with van der Waals surface area (Å²) in [7, 11) is 0. The fourth-order valence-electron chi connectivity index (χ4n) is 3.85. The molecule has 6 nitrogen and oxygen atoms in total. The number of nitrogens with zero attached hydrogens (tertiary/aromatic N) is 2. The Hall–Kier alpha value is -1.40. The van der Waals surface area contributed by atoms with Crippen molar-refractivity contribution in [1.82, 2.24) is 9.80 Å². The van der Waals surface area contributed by atoms with Crippen molar-refractivity contribution in [2.45, 2.75) is 25.6 Å². The van der Waals surface area contributed by atoms with Gasteiger partial charge in [-0.15, -0.1) is 0 Å². The molecule has 0 radical (unpaired) electrons. The predicted molar refractivity (Wildman–Crippen MR) is 75.7 cm³/mol. The number of carboxylic acids is 1. The first-order valence-electron chi connectivity index (χ1n) is 7.63. The fourth-order valence-corrected chi connectivity index (χ4v) is 3.85. The lowest BCUT2D eigenvalue weighted by molar-refractivity contribution is -0.148. The van der Waals surface area contributed by atoms with E-state index in [1.807, 2.05) is 6.08 Å². The summed E-state index contributed by atoms with van der Waals surface area (Å²) in [6.45, 7) is 8.01. The number of fused-ring (bicyclic) bond motifs is 1. The number of amides is 1. The number of likely N-dealkylation sites (tertiary alicyclic amines) is 1. The molecule has 0 unspecified atom stereocenters. The summed E-state index contributed by atoms with van der Waals surface area (Å²) in [5.74, 6) is -2.29. The smallest absolute Gasteiger partial charge is 0.310 e. The van der Waals surface area contributed by atoms with E-state index in [-0.39, 0.29) is 5.91 Å². The van der Waals surface area contributed by atoms with Crippen LogP contribution in [0.15, 0.2) is 12.2 Å². The summed E-state index contributed by atoms with van der Waals surface area (Å²) in [5.41, 5.74) is -0.700. The molecule has 3 aliphatic rings. The number of hydrogen-bond donors (Lipinski definition) is 1. The Kier molecular flexibility index (Phi) is 3.53. The molecule has 2 bridgehead atoms. The van der Waals surface area contributed by atoms with Crippen LogP contribution in [-0.2, 0) is 14.3 Å². The number of likely N-dealkylation sites (N-methyl/N-ethyl adjacent to an activating group) is 1. The third kappa shape index (κ3) is 2.08. The van der Waals surface area contributed by atoms with E-state index in [0.29, 0.717) is 13.1 Å². The van der Waals surface area contributed by atoms with Crippen LogP contribution in [0.25, 0.3) is 0 Å². The van der Waals surface area contributed by atoms with Crippen molar-refractivity contribution in [2.24, 2.45) is 11.8 Å². The van der Waals surface area contributed by atoms with Gasteiger partial charge in [-0.25, -0.2) is 0 Å². The summed E-state index contributed by atoms with van der Waals surface area (Å²) in [4.78, 5) is 28.1. The van der Waals surface area contributed by atoms with Crippen molar-refractivity contribution >= 4 is 11.9 Å². The van der Waals surface area contributed by atoms with Gasteiger partial charge in [-0.3, -0.25) is 9.59 Å². The number of rotatable bonds is 6. The normalized spacial score (nSPS) is 36.8. The lowest BCUT2D eigenvalue weighted by Gasteiger charge is -2.24. The van der Waals surface area contributed by atoms with Crippen LogP contribution >= 0.6 is 0 Å². The maximum atomic E-state index is 12.6. The molecule has 0 saturated carbocycles. The number of aliphatic carboxylic acids is 1. The monoisotopic (exact) mass is 294 g/mol. The highest BCUT2D eigenvalue weighted by Gasteiger charge is 2.66. The minimum Gasteiger partial charge on any atom is -0.481 e. The Labute approximate surface area is 124 Å². The summed E-state index contributed by atoms with van der Waals surface area (Å²) in [6.07, 6.45) is 3.26. The zero-order valence-corrected chi connectivity index (χ0v) is 12.5. The molecule has 21 heavy (non-hydrogen) atoms. The molecule has 2 saturated heterocycles. The first-order chi connectivity index (χ1) is 10.0. The average Bonchev–Trinajstić information content (AvgIpc) is 3.08. The van der Waals surface area contributed by atoms with E-state index in [9.17, 15) is 14.7 Å². The molecule has 0 aromatic carbocycles. The number of hydrogen-bond acceptors (Lipinski definition) is 4. The van der Waals surface area contributed by atoms with Crippen LogP contribution in [0, 0.1) is 11.8 Å². The molecule has 6 heteroatoms. The van der Waals surface area contributed by atoms with E-state index in [2.05, 4.69) is 18.7 Å². The fraction of sp³-hybridized carbons (Fsp3) is 0.733. The van der Waals surface area contributed by atoms with E-state index in [1.54, 1.807) is 11.0 Å². The standard InChI is InChI=1S/C15H22N2O4/c1-3-16(4-2)7-8-17-9-15-6-5-10(21-15)11(14(19)20)12(15)13(17)18/h5-6,10-12H,3-4,7-9H2,1-2H3,(H,19,20)/t10-,11+,12+,15-/m0/s1. The average molecular weight is 294 g/mol. The Morgan fingerprint density at radius 1 is 1.52 bits per heavy atom. The third-order valence-electron chi connectivity index (χ3n) is 5.04. The zero-order valence-electron chi connectivity index (χ0n) is 12.5. The van der Waals surface area contributed by atoms with Crippen molar-refractivity contribution in [3.8, 4) is 0 Å². The van der Waals surface area contributed by atoms with Crippen LogP contribution in [0.1, 0.15) is 13.8 Å². The number of carbonyl (C=O) groups excluding carboxylic acids is 1. The van der Waals surface area contributed by atoms with Gasteiger partial charge in [0.2, 0.25) is 5.91 Å². The van der Waals surface area contributed by atoms with Gasteiger partial charge in [-0.2, -0.15) is 0 Å². The lowest BCUT2D eigenvalue weighted by atomic mass is 9.77. The van der Waals surface area contributed by atoms with Crippen molar-refractivity contribution < 1.29 is 19.4 Å². The molecule has 116 valence electrons. The number of ether oxygens (including phenoxy) is 1. The first-order valence-corrected chi connectivity index (χ1v) is 7.63. The van der Waals surface area contributed by atoms with Crippen molar-refractivity contribution in [3.05, 3.63) is 12.2 Å². The predicted octanol–water partition coefficient (Wildman–Crippen LogP) is 0.195. The summed E-state index contributed by atoms with van der Waals surface area (Å²) in [6, 6.07) is 0. The van der Waals surface area contributed by atoms with Crippen LogP contribution in [0.4, 0.5) is 0 Å². The molecule has 4 atom stereocenters. The van der Waals surface area contributed by atoms with Gasteiger partial charge in [0.05, 0.1) is 18.6 Å². The molecule has 0 aromatic rings. The van der Waals surface area contributed by atoms with Gasteiger partial charge in [0.1, 0.15) is 11.5 Å². The van der Waals surface area contributed by atoms with Crippen molar-refractivity contribution in [1.29, 1.82) is 0 Å². The minimum absolute atomic E-state index is 0.0681. The topological polar surface area (TPSA) is 70.1 Å². The molecule has 1 N–H and O–H groups in total. The second-order valence-electron chi connectivity index (χ2n) is 6.02. The highest BCUT2D eigenvalue weighted by Crippen LogP contribution is 2.51. The largest absolute Gasteiger partial charge is 0.481 e. The van der Waals surface area contributed by atoms with E-state index < -0.39 is 29.5 Å². The molecule has 3 aliphatic heterocycles. The van der Waals surface area contributed by atoms with E-state index in [4.69, 9.17) is 4.74 Å². The van der Waals surface area contributed by atoms with Gasteiger partial charge in [-0.05, 0) is 13.1 Å². The van der Waals surface area contributed by atoms with Gasteiger partial charge in [0.15, 0.2) is 0 Å². The molecular formula is C15H22N2O4. The molecule has 0 aromatic heterocycles. The SMILES string of the molecule is CCN(CC)CCN1C[C@]23C=C[C@H](O2)[C@@H](C(=O)O)[C@@H]3C1=O. The Balaban J connectivity index is 1.74. The van der Waals surface area contributed by atoms with Crippen LogP contribution in [0.5, 0.6) is 0 Å². The van der Waals surface area contributed by atoms with E-state index >= 15 is 0 Å². The number of carbonyl (C=O) groups is 2. The van der Waals surface area contributed by atoms with Crippen LogP contribution in [0.2, 0.25) is 0 Å². The second-order valence-corrected chi connectivity index (χ2v) is 6.02. The van der Waals surface area contributed by atoms with E-state index in [1.165, 1.54) is 0 Å². The van der Waals surface area contributed by atoms with Gasteiger partial charge < -0.3 is 19.6 Å². The maximum Gasteiger partial charge on any atom is 0.310 e. The molecule has 2 fully saturated rings. The summed E-state index contributed by atoms with van der Waals surface area (Å²) >= 11 is 0. The first kappa shape index (κ1) is 14.5. The van der Waals surface area contributed by atoms with Gasteiger partial charge in [0, 0.05) is 13.1 Å². The molecule has 0 aliphatic carbocycles. The molecule has 1 spiro atoms. The quantitative estimate of drug-likeness (QED) is 0.708. The van der Waals surface area contributed by atoms with Gasteiger partial charge in [0.25, 0.3) is 0 Å². The van der Waals surface area contributed by atoms with Gasteiger partial charge in [-0.1, -0.05) is 26.0 Å². The highest BCUT2D eigenvalue weighted by atomic mass is 16.5. The van der Waals surface area contributed by atoms with E-state index in [0.717, 1.165) is 19.6 Å². The van der Waals surface area contributed by atoms with Crippen LogP contribution < -0.4 is 0 Å². The van der Waals surface area contributed by atoms with Crippen molar-refractivity contribution in [3.63, 3.8) is 0 Å². The Bertz CT molecular complexity index is 488. The number of carboxylic acid groups (broad SMARTS) is 1. The Morgan fingerprint density at radius 3 is 2.86 bits per heavy atom. The second kappa shape index (κ2) is 5.10. The minimum atomic E-state index is -0.935. The molecule has 3 rings (SSSR count). The maximum absolute atomic E-state index is 12.6. The van der Waals surface area contributed by atoms with Gasteiger partial charge >= 0.3 is 5.97 Å². The molecule has 1 amide bonds. The van der Waals surface area contributed by atoms with Crippen molar-refractivity contribution in [2.75, 3.05) is 32.7 Å². The van der Waals surface area contributed by atoms with Crippen LogP contribution in [-0.4, -0.2) is 71.2 Å². The molecular weight excluding hydrogens is 272 g/mol. The summed E-state index contributed by atoms with van der Waals surface area (Å²) in [5, 5.41) is 9.38. The Morgan fingerprint density at radius 2 is 2.24 bits per heavy atom. The van der Waals surface area contributed by atoms with Crippen LogP contribution in [0.3, 0.4) is 0 Å². The zero-order chi connectivity index (χ0) is 15.2. The lowest BCUT2D eigenvalue weighted by Crippen LogP contribution is -2.40. The highest BCUT2D eigenvalue weighted by molar-refractivity contribution is 5.90. The third-order valence-corrected chi connectivity index (χ3v) is 5.04. The summed E-state index contributed by atoms with van der Waals surface area (Å²) < 4.78 is 5.85.